The summed E-state index contributed by atoms with van der Waals surface area (Å²) in [5.74, 6) is -0.423. The summed E-state index contributed by atoms with van der Waals surface area (Å²) in [6.45, 7) is 0. The molecule has 3 N–H and O–H groups in total. The average molecular weight is 465 g/mol. The molecule has 3 aromatic rings. The highest BCUT2D eigenvalue weighted by Gasteiger charge is 2.18. The van der Waals surface area contributed by atoms with Gasteiger partial charge in [-0.05, 0) is 48.0 Å². The monoisotopic (exact) mass is 464 g/mol. The predicted molar refractivity (Wildman–Crippen MR) is 118 cm³/mol. The van der Waals surface area contributed by atoms with E-state index < -0.39 is 25.8 Å². The third-order valence-electron chi connectivity index (χ3n) is 3.85. The van der Waals surface area contributed by atoms with E-state index in [1.165, 1.54) is 18.2 Å². The average Bonchev–Trinajstić information content (AvgIpc) is 2.68. The van der Waals surface area contributed by atoms with Gasteiger partial charge in [-0.15, -0.1) is 0 Å². The van der Waals surface area contributed by atoms with Gasteiger partial charge in [0.25, 0.3) is 20.0 Å². The number of rotatable bonds is 7. The van der Waals surface area contributed by atoms with Crippen LogP contribution in [-0.4, -0.2) is 21.9 Å². The van der Waals surface area contributed by atoms with Gasteiger partial charge in [0.1, 0.15) is 5.75 Å². The van der Waals surface area contributed by atoms with Crippen molar-refractivity contribution in [1.82, 2.24) is 0 Å². The summed E-state index contributed by atoms with van der Waals surface area (Å²) in [6, 6.07) is 18.1. The van der Waals surface area contributed by atoms with Gasteiger partial charge < -0.3 is 5.11 Å². The maximum atomic E-state index is 12.6. The van der Waals surface area contributed by atoms with Crippen LogP contribution in [0.2, 0.25) is 5.02 Å². The van der Waals surface area contributed by atoms with Gasteiger partial charge in [-0.1, -0.05) is 48.0 Å². The number of hydrogen-bond acceptors (Lipinski definition) is 5. The SMILES string of the molecule is O=S(=O)(C=Cc1ccccc1)Nc1cc(S(=O)(=O)Nc2cccc(Cl)c2)ccc1O. The van der Waals surface area contributed by atoms with E-state index in [1.54, 1.807) is 42.5 Å². The van der Waals surface area contributed by atoms with E-state index in [-0.39, 0.29) is 16.3 Å². The van der Waals surface area contributed by atoms with Crippen LogP contribution in [0.3, 0.4) is 0 Å². The summed E-state index contributed by atoms with van der Waals surface area (Å²) in [4.78, 5) is -0.245. The molecule has 3 aromatic carbocycles. The molecule has 0 saturated carbocycles. The number of hydrogen-bond donors (Lipinski definition) is 3. The first kappa shape index (κ1) is 21.7. The second-order valence-corrected chi connectivity index (χ2v) is 9.84. The van der Waals surface area contributed by atoms with Crippen LogP contribution in [-0.2, 0) is 20.0 Å². The number of nitrogens with one attached hydrogen (secondary N) is 2. The van der Waals surface area contributed by atoms with Gasteiger partial charge in [0, 0.05) is 5.02 Å². The number of phenols is 1. The molecule has 0 amide bonds. The molecule has 0 aromatic heterocycles. The Morgan fingerprint density at radius 2 is 1.57 bits per heavy atom. The van der Waals surface area contributed by atoms with Gasteiger partial charge in [-0.2, -0.15) is 0 Å². The number of benzene rings is 3. The van der Waals surface area contributed by atoms with Gasteiger partial charge in [0.15, 0.2) is 0 Å². The Morgan fingerprint density at radius 3 is 2.27 bits per heavy atom. The number of anilines is 2. The second-order valence-electron chi connectivity index (χ2n) is 6.16. The molecule has 0 unspecified atom stereocenters. The molecular formula is C20H17ClN2O5S2. The lowest BCUT2D eigenvalue weighted by molar-refractivity contribution is 0.477. The second kappa shape index (κ2) is 8.78. The molecule has 0 fully saturated rings. The highest BCUT2D eigenvalue weighted by atomic mass is 35.5. The maximum Gasteiger partial charge on any atom is 0.261 e. The number of sulfonamides is 2. The lowest BCUT2D eigenvalue weighted by Crippen LogP contribution is -2.14. The zero-order valence-electron chi connectivity index (χ0n) is 15.4. The first-order valence-electron chi connectivity index (χ1n) is 8.52. The quantitative estimate of drug-likeness (QED) is 0.452. The van der Waals surface area contributed by atoms with Crippen LogP contribution in [0.5, 0.6) is 5.75 Å². The van der Waals surface area contributed by atoms with E-state index in [9.17, 15) is 21.9 Å². The molecule has 0 aliphatic carbocycles. The Labute approximate surface area is 179 Å². The third-order valence-corrected chi connectivity index (χ3v) is 6.46. The van der Waals surface area contributed by atoms with E-state index >= 15 is 0 Å². The third kappa shape index (κ3) is 5.76. The van der Waals surface area contributed by atoms with Crippen LogP contribution < -0.4 is 9.44 Å². The smallest absolute Gasteiger partial charge is 0.261 e. The van der Waals surface area contributed by atoms with E-state index in [2.05, 4.69) is 9.44 Å². The number of phenolic OH excluding ortho intramolecular Hbond substituents is 1. The standard InChI is InChI=1S/C20H17ClN2O5S2/c21-16-7-4-8-17(13-16)22-30(27,28)18-9-10-20(24)19(14-18)23-29(25,26)12-11-15-5-2-1-3-6-15/h1-14,22-24H. The molecule has 0 heterocycles. The molecule has 10 heteroatoms. The molecule has 0 bridgehead atoms. The van der Waals surface area contributed by atoms with Crippen molar-refractivity contribution in [3.05, 3.63) is 88.8 Å². The Balaban J connectivity index is 1.85. The van der Waals surface area contributed by atoms with Crippen molar-refractivity contribution in [2.24, 2.45) is 0 Å². The fraction of sp³-hybridized carbons (Fsp3) is 0. The summed E-state index contributed by atoms with van der Waals surface area (Å²) in [7, 11) is -8.06. The first-order chi connectivity index (χ1) is 14.1. The van der Waals surface area contributed by atoms with Gasteiger partial charge >= 0.3 is 0 Å². The van der Waals surface area contributed by atoms with Crippen molar-refractivity contribution in [2.45, 2.75) is 4.90 Å². The van der Waals surface area contributed by atoms with Gasteiger partial charge in [-0.25, -0.2) is 16.8 Å². The summed E-state index contributed by atoms with van der Waals surface area (Å²) in [5, 5.41) is 11.3. The minimum Gasteiger partial charge on any atom is -0.506 e. The molecule has 7 nitrogen and oxygen atoms in total. The van der Waals surface area contributed by atoms with E-state index in [0.29, 0.717) is 10.6 Å². The fourth-order valence-corrected chi connectivity index (χ4v) is 4.59. The van der Waals surface area contributed by atoms with Crippen LogP contribution in [0.4, 0.5) is 11.4 Å². The molecule has 0 atom stereocenters. The first-order valence-corrected chi connectivity index (χ1v) is 11.9. The summed E-state index contributed by atoms with van der Waals surface area (Å²) < 4.78 is 54.4. The number of halogens is 1. The summed E-state index contributed by atoms with van der Waals surface area (Å²) in [5.41, 5.74) is 0.624. The Hall–Kier alpha value is -3.01. The van der Waals surface area contributed by atoms with Gasteiger partial charge in [0.05, 0.1) is 21.7 Å². The molecule has 0 aliphatic heterocycles. The van der Waals surface area contributed by atoms with Crippen molar-refractivity contribution < 1.29 is 21.9 Å². The topological polar surface area (TPSA) is 113 Å². The van der Waals surface area contributed by atoms with Crippen LogP contribution in [0, 0.1) is 0 Å². The molecule has 0 spiro atoms. The van der Waals surface area contributed by atoms with Crippen LogP contribution in [0.15, 0.2) is 83.1 Å². The zero-order valence-corrected chi connectivity index (χ0v) is 17.7. The lowest BCUT2D eigenvalue weighted by Gasteiger charge is -2.12. The Bertz CT molecular complexity index is 1290. The Morgan fingerprint density at radius 1 is 0.833 bits per heavy atom. The van der Waals surface area contributed by atoms with Crippen molar-refractivity contribution in [2.75, 3.05) is 9.44 Å². The zero-order chi connectivity index (χ0) is 21.8. The van der Waals surface area contributed by atoms with Gasteiger partial charge in [0.2, 0.25) is 0 Å². The predicted octanol–water partition coefficient (Wildman–Crippen LogP) is 4.26. The van der Waals surface area contributed by atoms with Crippen LogP contribution in [0.25, 0.3) is 6.08 Å². The summed E-state index contributed by atoms with van der Waals surface area (Å²) in [6.07, 6.45) is 1.38. The molecule has 0 radical (unpaired) electrons. The fourth-order valence-electron chi connectivity index (χ4n) is 2.45. The van der Waals surface area contributed by atoms with Gasteiger partial charge in [-0.3, -0.25) is 9.44 Å². The maximum absolute atomic E-state index is 12.6. The van der Waals surface area contributed by atoms with E-state index in [1.807, 2.05) is 0 Å². The van der Waals surface area contributed by atoms with E-state index in [4.69, 9.17) is 11.6 Å². The largest absolute Gasteiger partial charge is 0.506 e. The molecule has 30 heavy (non-hydrogen) atoms. The van der Waals surface area contributed by atoms with Crippen molar-refractivity contribution >= 4 is 49.1 Å². The lowest BCUT2D eigenvalue weighted by atomic mass is 10.2. The summed E-state index contributed by atoms with van der Waals surface area (Å²) >= 11 is 5.86. The van der Waals surface area contributed by atoms with Crippen LogP contribution in [0.1, 0.15) is 5.56 Å². The van der Waals surface area contributed by atoms with E-state index in [0.717, 1.165) is 23.6 Å². The molecule has 3 rings (SSSR count). The number of aromatic hydroxyl groups is 1. The highest BCUT2D eigenvalue weighted by Crippen LogP contribution is 2.29. The normalized spacial score (nSPS) is 12.0. The van der Waals surface area contributed by atoms with Crippen LogP contribution >= 0.6 is 11.6 Å². The molecule has 0 aliphatic rings. The molecule has 156 valence electrons. The molecule has 0 saturated heterocycles. The van der Waals surface area contributed by atoms with Crippen molar-refractivity contribution in [3.8, 4) is 5.75 Å². The minimum atomic E-state index is -4.05. The molecular weight excluding hydrogens is 448 g/mol. The highest BCUT2D eigenvalue weighted by molar-refractivity contribution is 7.95. The Kier molecular flexibility index (Phi) is 6.35. The minimum absolute atomic E-state index is 0.239. The van der Waals surface area contributed by atoms with Crippen molar-refractivity contribution in [3.63, 3.8) is 0 Å². The van der Waals surface area contributed by atoms with Crippen molar-refractivity contribution in [1.29, 1.82) is 0 Å².